The van der Waals surface area contributed by atoms with Crippen LogP contribution >= 0.6 is 0 Å². The number of ketones is 1. The van der Waals surface area contributed by atoms with Crippen LogP contribution < -0.4 is 0 Å². The molecule has 0 N–H and O–H groups in total. The van der Waals surface area contributed by atoms with Gasteiger partial charge in [0.2, 0.25) is 0 Å². The van der Waals surface area contributed by atoms with E-state index in [-0.39, 0.29) is 12.4 Å². The van der Waals surface area contributed by atoms with Gasteiger partial charge in [-0.1, -0.05) is 0 Å². The first-order valence-corrected chi connectivity index (χ1v) is 5.21. The van der Waals surface area contributed by atoms with E-state index in [1.165, 1.54) is 0 Å². The Kier molecular flexibility index (Phi) is 5.14. The molecule has 0 atom stereocenters. The second kappa shape index (κ2) is 6.40. The van der Waals surface area contributed by atoms with Gasteiger partial charge in [0.25, 0.3) is 0 Å². The Morgan fingerprint density at radius 2 is 2.25 bits per heavy atom. The minimum atomic E-state index is 0.0547. The van der Waals surface area contributed by atoms with Crippen LogP contribution in [0.3, 0.4) is 0 Å². The van der Waals surface area contributed by atoms with E-state index in [0.717, 1.165) is 11.4 Å². The first kappa shape index (κ1) is 12.9. The van der Waals surface area contributed by atoms with Gasteiger partial charge < -0.3 is 9.47 Å². The van der Waals surface area contributed by atoms with E-state index >= 15 is 0 Å². The van der Waals surface area contributed by atoms with E-state index in [2.05, 4.69) is 5.10 Å². The lowest BCUT2D eigenvalue weighted by Gasteiger charge is -2.03. The monoisotopic (exact) mass is 226 g/mol. The van der Waals surface area contributed by atoms with E-state index in [9.17, 15) is 4.79 Å². The Hall–Kier alpha value is -1.20. The number of hydrogen-bond donors (Lipinski definition) is 0. The van der Waals surface area contributed by atoms with Crippen molar-refractivity contribution in [3.63, 3.8) is 0 Å². The Morgan fingerprint density at radius 1 is 1.50 bits per heavy atom. The van der Waals surface area contributed by atoms with Crippen LogP contribution in [0.25, 0.3) is 0 Å². The van der Waals surface area contributed by atoms with Crippen molar-refractivity contribution >= 4 is 5.78 Å². The van der Waals surface area contributed by atoms with Gasteiger partial charge >= 0.3 is 0 Å². The summed E-state index contributed by atoms with van der Waals surface area (Å²) in [5.41, 5.74) is 1.84. The normalized spacial score (nSPS) is 10.7. The smallest absolute Gasteiger partial charge is 0.164 e. The van der Waals surface area contributed by atoms with E-state index in [1.807, 2.05) is 20.0 Å². The highest BCUT2D eigenvalue weighted by Crippen LogP contribution is 2.03. The number of methoxy groups -OCH3 is 1. The number of carbonyl (C=O) groups is 1. The predicted octanol–water partition coefficient (Wildman–Crippen LogP) is 0.503. The zero-order valence-electron chi connectivity index (χ0n) is 10.0. The highest BCUT2D eigenvalue weighted by molar-refractivity contribution is 5.81. The average Bonchev–Trinajstić information content (AvgIpc) is 2.52. The Morgan fingerprint density at radius 3 is 2.81 bits per heavy atom. The van der Waals surface area contributed by atoms with Gasteiger partial charge in [0, 0.05) is 19.9 Å². The molecular formula is C11H18N2O3. The molecule has 1 aromatic heterocycles. The van der Waals surface area contributed by atoms with Gasteiger partial charge in [0.15, 0.2) is 5.78 Å². The summed E-state index contributed by atoms with van der Waals surface area (Å²) in [4.78, 5) is 11.5. The number of carbonyl (C=O) groups excluding carboxylic acids is 1. The molecular weight excluding hydrogens is 208 g/mol. The summed E-state index contributed by atoms with van der Waals surface area (Å²) >= 11 is 0. The minimum Gasteiger partial charge on any atom is -0.382 e. The number of aryl methyl sites for hydroxylation is 2. The topological polar surface area (TPSA) is 53.4 Å². The second-order valence-corrected chi connectivity index (χ2v) is 3.66. The molecule has 5 nitrogen and oxygen atoms in total. The molecule has 0 aliphatic carbocycles. The summed E-state index contributed by atoms with van der Waals surface area (Å²) in [6.07, 6.45) is 0.365. The molecule has 1 aromatic rings. The Balaban J connectivity index is 2.31. The molecule has 0 spiro atoms. The van der Waals surface area contributed by atoms with Crippen LogP contribution in [0.15, 0.2) is 6.07 Å². The number of Topliss-reactive ketones (excluding diaryl/α,β-unsaturated/α-hetero) is 1. The Labute approximate surface area is 95.3 Å². The quantitative estimate of drug-likeness (QED) is 0.635. The van der Waals surface area contributed by atoms with Crippen molar-refractivity contribution < 1.29 is 14.3 Å². The lowest BCUT2D eigenvalue weighted by atomic mass is 10.2. The van der Waals surface area contributed by atoms with Crippen molar-refractivity contribution in [2.24, 2.45) is 7.05 Å². The van der Waals surface area contributed by atoms with E-state index in [4.69, 9.17) is 9.47 Å². The molecule has 16 heavy (non-hydrogen) atoms. The van der Waals surface area contributed by atoms with Crippen LogP contribution in [0, 0.1) is 6.92 Å². The van der Waals surface area contributed by atoms with Gasteiger partial charge in [-0.25, -0.2) is 0 Å². The van der Waals surface area contributed by atoms with Crippen molar-refractivity contribution in [2.45, 2.75) is 13.3 Å². The summed E-state index contributed by atoms with van der Waals surface area (Å²) in [6, 6.07) is 1.91. The second-order valence-electron chi connectivity index (χ2n) is 3.66. The lowest BCUT2D eigenvalue weighted by molar-refractivity contribution is -0.123. The summed E-state index contributed by atoms with van der Waals surface area (Å²) in [7, 11) is 3.44. The molecule has 0 radical (unpaired) electrons. The van der Waals surface area contributed by atoms with Gasteiger partial charge in [0.05, 0.1) is 25.3 Å². The van der Waals surface area contributed by atoms with Crippen molar-refractivity contribution in [3.05, 3.63) is 17.5 Å². The molecule has 0 fully saturated rings. The molecule has 1 rings (SSSR count). The van der Waals surface area contributed by atoms with Crippen LogP contribution in [0.4, 0.5) is 0 Å². The fourth-order valence-electron chi connectivity index (χ4n) is 1.41. The molecule has 0 unspecified atom stereocenters. The zero-order chi connectivity index (χ0) is 12.0. The third-order valence-electron chi connectivity index (χ3n) is 2.17. The highest BCUT2D eigenvalue weighted by atomic mass is 16.5. The summed E-state index contributed by atoms with van der Waals surface area (Å²) < 4.78 is 11.7. The van der Waals surface area contributed by atoms with Gasteiger partial charge in [-0.15, -0.1) is 0 Å². The number of aromatic nitrogens is 2. The van der Waals surface area contributed by atoms with Crippen LogP contribution in [0.5, 0.6) is 0 Å². The minimum absolute atomic E-state index is 0.0547. The maximum Gasteiger partial charge on any atom is 0.164 e. The third kappa shape index (κ3) is 4.12. The SMILES string of the molecule is COCCOCC(=O)Cc1cc(C)nn1C. The highest BCUT2D eigenvalue weighted by Gasteiger charge is 2.08. The van der Waals surface area contributed by atoms with E-state index in [0.29, 0.717) is 19.6 Å². The third-order valence-corrected chi connectivity index (χ3v) is 2.17. The van der Waals surface area contributed by atoms with Gasteiger partial charge in [0.1, 0.15) is 6.61 Å². The molecule has 1 heterocycles. The molecule has 0 bridgehead atoms. The summed E-state index contributed by atoms with van der Waals surface area (Å²) in [6.45, 7) is 3.00. The summed E-state index contributed by atoms with van der Waals surface area (Å²) in [5.74, 6) is 0.0547. The van der Waals surface area contributed by atoms with Crippen LogP contribution in [-0.2, 0) is 27.7 Å². The lowest BCUT2D eigenvalue weighted by Crippen LogP contribution is -2.15. The average molecular weight is 226 g/mol. The van der Waals surface area contributed by atoms with Gasteiger partial charge in [-0.3, -0.25) is 9.48 Å². The number of rotatable bonds is 7. The maximum atomic E-state index is 11.5. The van der Waals surface area contributed by atoms with E-state index < -0.39 is 0 Å². The Bertz CT molecular complexity index is 347. The van der Waals surface area contributed by atoms with Crippen molar-refractivity contribution in [3.8, 4) is 0 Å². The molecule has 0 aliphatic rings. The van der Waals surface area contributed by atoms with E-state index in [1.54, 1.807) is 11.8 Å². The molecule has 0 saturated heterocycles. The zero-order valence-corrected chi connectivity index (χ0v) is 10.0. The van der Waals surface area contributed by atoms with Gasteiger partial charge in [-0.05, 0) is 13.0 Å². The molecule has 0 saturated carbocycles. The number of hydrogen-bond acceptors (Lipinski definition) is 4. The number of ether oxygens (including phenoxy) is 2. The maximum absolute atomic E-state index is 11.5. The number of nitrogens with zero attached hydrogens (tertiary/aromatic N) is 2. The van der Waals surface area contributed by atoms with Crippen LogP contribution in [0.1, 0.15) is 11.4 Å². The van der Waals surface area contributed by atoms with Crippen molar-refractivity contribution in [2.75, 3.05) is 26.9 Å². The standard InChI is InChI=1S/C11H18N2O3/c1-9-6-10(13(2)12-9)7-11(14)8-16-5-4-15-3/h6H,4-5,7-8H2,1-3H3. The van der Waals surface area contributed by atoms with Gasteiger partial charge in [-0.2, -0.15) is 5.10 Å². The fraction of sp³-hybridized carbons (Fsp3) is 0.636. The first-order chi connectivity index (χ1) is 7.63. The van der Waals surface area contributed by atoms with Crippen molar-refractivity contribution in [1.29, 1.82) is 0 Å². The molecule has 5 heteroatoms. The molecule has 0 amide bonds. The first-order valence-electron chi connectivity index (χ1n) is 5.21. The fourth-order valence-corrected chi connectivity index (χ4v) is 1.41. The predicted molar refractivity (Wildman–Crippen MR) is 59.4 cm³/mol. The largest absolute Gasteiger partial charge is 0.382 e. The molecule has 0 aliphatic heterocycles. The van der Waals surface area contributed by atoms with Crippen LogP contribution in [-0.4, -0.2) is 42.5 Å². The molecule has 0 aromatic carbocycles. The van der Waals surface area contributed by atoms with Crippen molar-refractivity contribution in [1.82, 2.24) is 9.78 Å². The van der Waals surface area contributed by atoms with Crippen LogP contribution in [0.2, 0.25) is 0 Å². The summed E-state index contributed by atoms with van der Waals surface area (Å²) in [5, 5.41) is 4.18. The molecule has 90 valence electrons.